The van der Waals surface area contributed by atoms with Gasteiger partial charge in [0.15, 0.2) is 6.17 Å². The highest BCUT2D eigenvalue weighted by Crippen LogP contribution is 2.33. The Bertz CT molecular complexity index is 941. The van der Waals surface area contributed by atoms with E-state index < -0.39 is 18.3 Å². The van der Waals surface area contributed by atoms with Gasteiger partial charge in [-0.3, -0.25) is 15.4 Å². The van der Waals surface area contributed by atoms with Gasteiger partial charge in [-0.1, -0.05) is 0 Å². The van der Waals surface area contributed by atoms with Gasteiger partial charge in [0.2, 0.25) is 0 Å². The van der Waals surface area contributed by atoms with E-state index >= 15 is 0 Å². The number of hydrogen-bond acceptors (Lipinski definition) is 5. The molecule has 0 saturated carbocycles. The summed E-state index contributed by atoms with van der Waals surface area (Å²) in [5.41, 5.74) is 5.94. The zero-order chi connectivity index (χ0) is 17.5. The molecule has 24 heavy (non-hydrogen) atoms. The van der Waals surface area contributed by atoms with Crippen molar-refractivity contribution in [1.29, 1.82) is 5.41 Å². The van der Waals surface area contributed by atoms with Crippen LogP contribution in [0.3, 0.4) is 0 Å². The molecule has 6 nitrogen and oxygen atoms in total. The summed E-state index contributed by atoms with van der Waals surface area (Å²) < 4.78 is 40.8. The first-order valence-electron chi connectivity index (χ1n) is 6.72. The number of rotatable bonds is 3. The fraction of sp³-hybridized carbons (Fsp3) is 0.133. The minimum Gasteiger partial charge on any atom is -0.508 e. The Labute approximate surface area is 133 Å². The van der Waals surface area contributed by atoms with Crippen molar-refractivity contribution in [1.82, 2.24) is 0 Å². The van der Waals surface area contributed by atoms with Gasteiger partial charge in [-0.05, 0) is 36.4 Å². The molecule has 1 aliphatic heterocycles. The number of aromatic hydroxyl groups is 1. The smallest absolute Gasteiger partial charge is 0.508 e. The van der Waals surface area contributed by atoms with Crippen molar-refractivity contribution >= 4 is 5.84 Å². The molecule has 0 saturated heterocycles. The summed E-state index contributed by atoms with van der Waals surface area (Å²) in [7, 11) is 0. The number of hydrogen-bond donors (Lipinski definition) is 3. The Morgan fingerprint density at radius 2 is 1.83 bits per heavy atom. The van der Waals surface area contributed by atoms with Gasteiger partial charge >= 0.3 is 6.36 Å². The summed E-state index contributed by atoms with van der Waals surface area (Å²) in [5.74, 6) is -0.859. The summed E-state index contributed by atoms with van der Waals surface area (Å²) >= 11 is 0. The van der Waals surface area contributed by atoms with Gasteiger partial charge in [0, 0.05) is 11.1 Å². The zero-order valence-corrected chi connectivity index (χ0v) is 12.0. The number of nitrogens with two attached hydrogens (primary N) is 1. The van der Waals surface area contributed by atoms with E-state index in [1.54, 1.807) is 18.2 Å². The van der Waals surface area contributed by atoms with Crippen molar-refractivity contribution in [2.45, 2.75) is 12.5 Å². The first-order valence-corrected chi connectivity index (χ1v) is 6.72. The van der Waals surface area contributed by atoms with Crippen molar-refractivity contribution in [3.63, 3.8) is 0 Å². The number of ether oxygens (including phenoxy) is 1. The van der Waals surface area contributed by atoms with Crippen LogP contribution in [0.25, 0.3) is 0 Å². The molecular weight excluding hydrogens is 325 g/mol. The zero-order valence-electron chi connectivity index (χ0n) is 12.0. The highest BCUT2D eigenvalue weighted by atomic mass is 19.4. The van der Waals surface area contributed by atoms with Crippen molar-refractivity contribution in [3.05, 3.63) is 58.2 Å². The molecule has 0 amide bonds. The van der Waals surface area contributed by atoms with Crippen LogP contribution in [0.5, 0.6) is 11.5 Å². The van der Waals surface area contributed by atoms with Crippen LogP contribution in [0.4, 0.5) is 13.2 Å². The lowest BCUT2D eigenvalue weighted by Gasteiger charge is -2.12. The standard InChI is InChI=1S/C15H11F3N4O2/c16-15(17,18)24-8-2-4-12(23)9(6-8)14-21-10-3-1-7(13(19)20)5-11(10)22-14/h1-6,14,23H,(H3,19,20). The maximum absolute atomic E-state index is 12.3. The van der Waals surface area contributed by atoms with Crippen LogP contribution in [0.1, 0.15) is 17.3 Å². The molecule has 4 N–H and O–H groups in total. The van der Waals surface area contributed by atoms with E-state index in [-0.39, 0.29) is 17.1 Å². The van der Waals surface area contributed by atoms with Gasteiger partial charge in [0.25, 0.3) is 0 Å². The number of phenolic OH excluding ortho intramolecular Hbond substituents is 1. The van der Waals surface area contributed by atoms with Crippen LogP contribution >= 0.6 is 0 Å². The number of fused-ring (bicyclic) bond motifs is 1. The molecule has 1 unspecified atom stereocenters. The quantitative estimate of drug-likeness (QED) is 0.585. The molecule has 2 aromatic carbocycles. The third kappa shape index (κ3) is 3.14. The van der Waals surface area contributed by atoms with Gasteiger partial charge in [-0.25, -0.2) is 0 Å². The highest BCUT2D eigenvalue weighted by Gasteiger charge is 2.31. The molecule has 0 bridgehead atoms. The molecule has 0 aliphatic carbocycles. The topological polar surface area (TPSA) is 104 Å². The van der Waals surface area contributed by atoms with E-state index in [9.17, 15) is 18.3 Å². The van der Waals surface area contributed by atoms with Gasteiger partial charge < -0.3 is 15.6 Å². The Hall–Kier alpha value is -3.10. The summed E-state index contributed by atoms with van der Waals surface area (Å²) in [6.45, 7) is 0. The van der Waals surface area contributed by atoms with Gasteiger partial charge in [-0.15, -0.1) is 13.2 Å². The maximum atomic E-state index is 12.3. The number of phenols is 1. The normalized spacial score (nSPS) is 16.0. The second-order valence-electron chi connectivity index (χ2n) is 5.02. The molecular formula is C15H11F3N4O2. The molecule has 1 heterocycles. The van der Waals surface area contributed by atoms with Crippen LogP contribution in [0.15, 0.2) is 46.4 Å². The van der Waals surface area contributed by atoms with E-state index in [1.807, 2.05) is 0 Å². The van der Waals surface area contributed by atoms with Gasteiger partial charge in [0.05, 0.1) is 10.7 Å². The molecule has 0 radical (unpaired) electrons. The molecule has 2 aromatic rings. The van der Waals surface area contributed by atoms with Crippen LogP contribution in [-0.2, 0) is 0 Å². The third-order valence-corrected chi connectivity index (χ3v) is 3.32. The van der Waals surface area contributed by atoms with Gasteiger partial charge in [-0.2, -0.15) is 0 Å². The van der Waals surface area contributed by atoms with Crippen LogP contribution in [0.2, 0.25) is 0 Å². The SMILES string of the molecule is N=C(N)c1ccc2c(c1)=NC(c1cc(OC(F)(F)F)ccc1O)N=2. The lowest BCUT2D eigenvalue weighted by atomic mass is 10.1. The number of nitrogens with zero attached hydrogens (tertiary/aromatic N) is 2. The van der Waals surface area contributed by atoms with E-state index in [4.69, 9.17) is 11.1 Å². The molecule has 0 fully saturated rings. The summed E-state index contributed by atoms with van der Waals surface area (Å²) in [6, 6.07) is 7.87. The predicted octanol–water partition coefficient (Wildman–Crippen LogP) is 1.53. The molecule has 0 spiro atoms. The second kappa shape index (κ2) is 5.52. The fourth-order valence-corrected chi connectivity index (χ4v) is 2.27. The predicted molar refractivity (Wildman–Crippen MR) is 77.3 cm³/mol. The number of benzene rings is 2. The maximum Gasteiger partial charge on any atom is 0.573 e. The van der Waals surface area contributed by atoms with Crippen molar-refractivity contribution in [2.24, 2.45) is 15.7 Å². The Morgan fingerprint density at radius 3 is 2.50 bits per heavy atom. The lowest BCUT2D eigenvalue weighted by Crippen LogP contribution is -2.24. The first kappa shape index (κ1) is 15.8. The minimum absolute atomic E-state index is 0.0809. The molecule has 1 atom stereocenters. The number of alkyl halides is 3. The number of halogens is 3. The average Bonchev–Trinajstić information content (AvgIpc) is 2.90. The van der Waals surface area contributed by atoms with Crippen molar-refractivity contribution in [3.8, 4) is 11.5 Å². The summed E-state index contributed by atoms with van der Waals surface area (Å²) in [5, 5.41) is 18.2. The second-order valence-corrected chi connectivity index (χ2v) is 5.02. The monoisotopic (exact) mass is 336 g/mol. The largest absolute Gasteiger partial charge is 0.573 e. The molecule has 0 aromatic heterocycles. The van der Waals surface area contributed by atoms with E-state index in [1.165, 1.54) is 0 Å². The molecule has 3 rings (SSSR count). The van der Waals surface area contributed by atoms with E-state index in [2.05, 4.69) is 14.7 Å². The van der Waals surface area contributed by atoms with Crippen molar-refractivity contribution < 1.29 is 23.0 Å². The van der Waals surface area contributed by atoms with Crippen LogP contribution < -0.4 is 21.2 Å². The van der Waals surface area contributed by atoms with E-state index in [0.717, 1.165) is 18.2 Å². The average molecular weight is 336 g/mol. The summed E-state index contributed by atoms with van der Waals surface area (Å²) in [4.78, 5) is 8.49. The summed E-state index contributed by atoms with van der Waals surface area (Å²) in [6.07, 6.45) is -5.74. The number of nitrogens with one attached hydrogen (secondary N) is 1. The minimum atomic E-state index is -4.84. The van der Waals surface area contributed by atoms with Crippen LogP contribution in [-0.4, -0.2) is 17.3 Å². The van der Waals surface area contributed by atoms with Crippen LogP contribution in [0, 0.1) is 5.41 Å². The molecule has 9 heteroatoms. The Kier molecular flexibility index (Phi) is 3.63. The molecule has 1 aliphatic rings. The first-order chi connectivity index (χ1) is 11.2. The van der Waals surface area contributed by atoms with E-state index in [0.29, 0.717) is 16.3 Å². The Balaban J connectivity index is 2.01. The Morgan fingerprint density at radius 1 is 1.12 bits per heavy atom. The lowest BCUT2D eigenvalue weighted by molar-refractivity contribution is -0.274. The van der Waals surface area contributed by atoms with Crippen molar-refractivity contribution in [2.75, 3.05) is 0 Å². The fourth-order valence-electron chi connectivity index (χ4n) is 2.27. The number of nitrogen functional groups attached to an aromatic ring is 1. The van der Waals surface area contributed by atoms with Gasteiger partial charge in [0.1, 0.15) is 17.3 Å². The highest BCUT2D eigenvalue weighted by molar-refractivity contribution is 5.94. The number of amidine groups is 1. The third-order valence-electron chi connectivity index (χ3n) is 3.32. The molecule has 124 valence electrons.